The topological polar surface area (TPSA) is 65.5 Å². The van der Waals surface area contributed by atoms with Crippen LogP contribution in [0.15, 0.2) is 34.8 Å². The Morgan fingerprint density at radius 2 is 1.70 bits per heavy atom. The van der Waals surface area contributed by atoms with Crippen LogP contribution >= 0.6 is 27.3 Å². The Kier molecular flexibility index (Phi) is 5.92. The summed E-state index contributed by atoms with van der Waals surface area (Å²) < 4.78 is 11.3. The summed E-state index contributed by atoms with van der Waals surface area (Å²) in [6.45, 7) is 5.88. The quantitative estimate of drug-likeness (QED) is 0.490. The fraction of sp³-hybridized carbons (Fsp3) is 0.250. The van der Waals surface area contributed by atoms with Crippen LogP contribution in [0.5, 0.6) is 0 Å². The van der Waals surface area contributed by atoms with E-state index in [1.54, 1.807) is 26.8 Å². The molecule has 27 heavy (non-hydrogen) atoms. The van der Waals surface area contributed by atoms with E-state index >= 15 is 0 Å². The molecule has 0 saturated carbocycles. The highest BCUT2D eigenvalue weighted by atomic mass is 79.9. The van der Waals surface area contributed by atoms with Crippen LogP contribution in [0, 0.1) is 6.92 Å². The molecule has 5 nitrogen and oxygen atoms in total. The Balaban J connectivity index is 2.30. The van der Waals surface area contributed by atoms with Crippen molar-refractivity contribution in [3.8, 4) is 11.1 Å². The van der Waals surface area contributed by atoms with Gasteiger partial charge >= 0.3 is 11.9 Å². The number of ether oxygens (including phenoxy) is 2. The van der Waals surface area contributed by atoms with Crippen molar-refractivity contribution in [2.24, 2.45) is 0 Å². The van der Waals surface area contributed by atoms with Crippen molar-refractivity contribution < 1.29 is 19.1 Å². The van der Waals surface area contributed by atoms with E-state index in [2.05, 4.69) is 20.9 Å². The fourth-order valence-corrected chi connectivity index (χ4v) is 4.08. The van der Waals surface area contributed by atoms with Crippen LogP contribution in [-0.2, 0) is 9.47 Å². The number of aryl methyl sites for hydroxylation is 1. The Hall–Kier alpha value is -2.25. The molecule has 0 fully saturated rings. The van der Waals surface area contributed by atoms with E-state index in [9.17, 15) is 9.59 Å². The van der Waals surface area contributed by atoms with E-state index in [1.165, 1.54) is 11.3 Å². The fourth-order valence-electron chi connectivity index (χ4n) is 2.84. The molecule has 3 aromatic rings. The third-order valence-electron chi connectivity index (χ3n) is 3.95. The molecule has 140 valence electrons. The number of aromatic nitrogens is 1. The summed E-state index contributed by atoms with van der Waals surface area (Å²) in [6, 6.07) is 9.39. The predicted octanol–water partition coefficient (Wildman–Crippen LogP) is 5.39. The second kappa shape index (κ2) is 8.19. The molecule has 1 aromatic carbocycles. The molecule has 0 N–H and O–H groups in total. The van der Waals surface area contributed by atoms with Gasteiger partial charge in [0, 0.05) is 15.4 Å². The Morgan fingerprint density at radius 3 is 2.33 bits per heavy atom. The van der Waals surface area contributed by atoms with Crippen LogP contribution in [-0.4, -0.2) is 30.1 Å². The van der Waals surface area contributed by atoms with Crippen molar-refractivity contribution in [3.63, 3.8) is 0 Å². The van der Waals surface area contributed by atoms with Gasteiger partial charge in [-0.1, -0.05) is 28.1 Å². The first-order valence-corrected chi connectivity index (χ1v) is 10.1. The molecule has 0 spiro atoms. The molecule has 0 bridgehead atoms. The van der Waals surface area contributed by atoms with Gasteiger partial charge in [0.15, 0.2) is 0 Å². The molecule has 2 aromatic heterocycles. The Bertz CT molecular complexity index is 1010. The van der Waals surface area contributed by atoms with Gasteiger partial charge in [0.05, 0.1) is 24.5 Å². The zero-order valence-electron chi connectivity index (χ0n) is 15.2. The largest absolute Gasteiger partial charge is 0.462 e. The van der Waals surface area contributed by atoms with Crippen LogP contribution in [0.25, 0.3) is 21.3 Å². The summed E-state index contributed by atoms with van der Waals surface area (Å²) in [5.74, 6) is -0.816. The van der Waals surface area contributed by atoms with E-state index in [1.807, 2.05) is 24.3 Å². The number of carbonyl (C=O) groups excluding carboxylic acids is 2. The van der Waals surface area contributed by atoms with Gasteiger partial charge in [-0.15, -0.1) is 11.3 Å². The number of rotatable bonds is 5. The molecule has 0 atom stereocenters. The molecule has 7 heteroatoms. The first-order valence-electron chi connectivity index (χ1n) is 8.50. The van der Waals surface area contributed by atoms with Crippen LogP contribution < -0.4 is 0 Å². The smallest absolute Gasteiger partial charge is 0.348 e. The summed E-state index contributed by atoms with van der Waals surface area (Å²) in [5, 5.41) is 0.735. The second-order valence-electron chi connectivity index (χ2n) is 5.72. The maximum Gasteiger partial charge on any atom is 0.348 e. The molecule has 0 saturated heterocycles. The van der Waals surface area contributed by atoms with Gasteiger partial charge in [-0.05, 0) is 44.5 Å². The highest BCUT2D eigenvalue weighted by Gasteiger charge is 2.24. The average Bonchev–Trinajstić information content (AvgIpc) is 3.05. The number of fused-ring (bicyclic) bond motifs is 1. The first-order chi connectivity index (χ1) is 13.0. The molecule has 0 aliphatic carbocycles. The van der Waals surface area contributed by atoms with Gasteiger partial charge in [0.1, 0.15) is 9.71 Å². The number of benzene rings is 1. The third-order valence-corrected chi connectivity index (χ3v) is 5.49. The number of nitrogens with zero attached hydrogens (tertiary/aromatic N) is 1. The van der Waals surface area contributed by atoms with Gasteiger partial charge < -0.3 is 9.47 Å². The van der Waals surface area contributed by atoms with Crippen LogP contribution in [0.2, 0.25) is 0 Å². The van der Waals surface area contributed by atoms with Crippen molar-refractivity contribution in [2.45, 2.75) is 20.8 Å². The Labute approximate surface area is 169 Å². The summed E-state index contributed by atoms with van der Waals surface area (Å²) in [7, 11) is 0. The van der Waals surface area contributed by atoms with Crippen molar-refractivity contribution in [1.82, 2.24) is 4.98 Å². The molecule has 3 rings (SSSR count). The van der Waals surface area contributed by atoms with Crippen molar-refractivity contribution in [3.05, 3.63) is 50.9 Å². The normalized spacial score (nSPS) is 10.8. The molecule has 0 aliphatic heterocycles. The van der Waals surface area contributed by atoms with E-state index in [-0.39, 0.29) is 6.61 Å². The minimum atomic E-state index is -0.425. The van der Waals surface area contributed by atoms with Crippen LogP contribution in [0.4, 0.5) is 0 Å². The van der Waals surface area contributed by atoms with E-state index in [0.717, 1.165) is 21.0 Å². The third kappa shape index (κ3) is 3.89. The molecule has 0 unspecified atom stereocenters. The molecule has 0 radical (unpaired) electrons. The predicted molar refractivity (Wildman–Crippen MR) is 109 cm³/mol. The highest BCUT2D eigenvalue weighted by molar-refractivity contribution is 9.10. The van der Waals surface area contributed by atoms with Crippen molar-refractivity contribution in [2.75, 3.05) is 13.2 Å². The molecule has 0 amide bonds. The van der Waals surface area contributed by atoms with Crippen LogP contribution in [0.3, 0.4) is 0 Å². The number of hydrogen-bond donors (Lipinski definition) is 0. The minimum Gasteiger partial charge on any atom is -0.462 e. The first kappa shape index (κ1) is 19.5. The van der Waals surface area contributed by atoms with Gasteiger partial charge in [-0.25, -0.2) is 14.6 Å². The monoisotopic (exact) mass is 447 g/mol. The molecule has 2 heterocycles. The number of thiophene rings is 1. The van der Waals surface area contributed by atoms with E-state index in [0.29, 0.717) is 27.6 Å². The van der Waals surface area contributed by atoms with Gasteiger partial charge in [-0.2, -0.15) is 0 Å². The lowest BCUT2D eigenvalue weighted by atomic mass is 9.96. The van der Waals surface area contributed by atoms with E-state index in [4.69, 9.17) is 9.47 Å². The maximum atomic E-state index is 12.7. The summed E-state index contributed by atoms with van der Waals surface area (Å²) in [4.78, 5) is 30.5. The summed E-state index contributed by atoms with van der Waals surface area (Å²) in [5.41, 5.74) is 2.55. The molecular weight excluding hydrogens is 430 g/mol. The molecular formula is C20H18BrNO4S. The summed E-state index contributed by atoms with van der Waals surface area (Å²) >= 11 is 4.69. The number of hydrogen-bond acceptors (Lipinski definition) is 6. The second-order valence-corrected chi connectivity index (χ2v) is 7.67. The van der Waals surface area contributed by atoms with Crippen LogP contribution in [0.1, 0.15) is 39.6 Å². The minimum absolute atomic E-state index is 0.272. The van der Waals surface area contributed by atoms with Gasteiger partial charge in [0.2, 0.25) is 0 Å². The van der Waals surface area contributed by atoms with Crippen molar-refractivity contribution >= 4 is 49.4 Å². The zero-order chi connectivity index (χ0) is 19.6. The highest BCUT2D eigenvalue weighted by Crippen LogP contribution is 2.38. The Morgan fingerprint density at radius 1 is 1.07 bits per heavy atom. The lowest BCUT2D eigenvalue weighted by Gasteiger charge is -2.13. The number of halogens is 1. The number of esters is 2. The summed E-state index contributed by atoms with van der Waals surface area (Å²) in [6.07, 6.45) is 0. The van der Waals surface area contributed by atoms with Gasteiger partial charge in [-0.3, -0.25) is 0 Å². The SMILES string of the molecule is CCOC(=O)c1cc2c(-c3ccc(Br)cc3)c(C(=O)OCC)c(C)nc2s1. The van der Waals surface area contributed by atoms with E-state index < -0.39 is 11.9 Å². The zero-order valence-corrected chi connectivity index (χ0v) is 17.6. The maximum absolute atomic E-state index is 12.7. The van der Waals surface area contributed by atoms with Crippen molar-refractivity contribution in [1.29, 1.82) is 0 Å². The number of carbonyl (C=O) groups is 2. The average molecular weight is 448 g/mol. The number of pyridine rings is 1. The lowest BCUT2D eigenvalue weighted by Crippen LogP contribution is -2.10. The lowest BCUT2D eigenvalue weighted by molar-refractivity contribution is 0.0519. The van der Waals surface area contributed by atoms with Gasteiger partial charge in [0.25, 0.3) is 0 Å². The standard InChI is InChI=1S/C20H18BrNO4S/c1-4-25-19(23)15-10-14-17(12-6-8-13(21)9-7-12)16(20(24)26-5-2)11(3)22-18(14)27-15/h6-10H,4-5H2,1-3H3. The molecule has 0 aliphatic rings.